The fourth-order valence-corrected chi connectivity index (χ4v) is 1.97. The van der Waals surface area contributed by atoms with Gasteiger partial charge in [0.2, 0.25) is 0 Å². The van der Waals surface area contributed by atoms with E-state index in [1.807, 2.05) is 6.92 Å². The highest BCUT2D eigenvalue weighted by atomic mass is 16.5. The molecule has 1 unspecified atom stereocenters. The third kappa shape index (κ3) is 4.24. The van der Waals surface area contributed by atoms with Crippen LogP contribution in [-0.2, 0) is 4.74 Å². The monoisotopic (exact) mass is 212 g/mol. The maximum atomic E-state index is 10.1. The van der Waals surface area contributed by atoms with E-state index in [2.05, 4.69) is 19.8 Å². The van der Waals surface area contributed by atoms with Crippen LogP contribution in [0.2, 0.25) is 0 Å². The maximum Gasteiger partial charge on any atom is 0.0934 e. The Morgan fingerprint density at radius 2 is 1.93 bits per heavy atom. The molecule has 0 amide bonds. The summed E-state index contributed by atoms with van der Waals surface area (Å²) in [5.74, 6) is 2.59. The molecule has 0 aliphatic heterocycles. The van der Waals surface area contributed by atoms with E-state index in [9.17, 15) is 5.11 Å². The van der Waals surface area contributed by atoms with Crippen LogP contribution in [0.25, 0.3) is 0 Å². The van der Waals surface area contributed by atoms with Gasteiger partial charge in [0.25, 0.3) is 0 Å². The van der Waals surface area contributed by atoms with E-state index in [0.29, 0.717) is 6.61 Å². The van der Waals surface area contributed by atoms with Crippen molar-refractivity contribution >= 4 is 0 Å². The molecule has 0 heterocycles. The maximum absolute atomic E-state index is 10.1. The van der Waals surface area contributed by atoms with Gasteiger partial charge in [-0.3, -0.25) is 0 Å². The van der Waals surface area contributed by atoms with Gasteiger partial charge in [-0.05, 0) is 32.6 Å². The number of rotatable bonds is 8. The van der Waals surface area contributed by atoms with Crippen LogP contribution in [0.5, 0.6) is 0 Å². The van der Waals surface area contributed by atoms with Gasteiger partial charge in [0, 0.05) is 13.0 Å². The second-order valence-corrected chi connectivity index (χ2v) is 3.82. The molecule has 2 heteroatoms. The number of ether oxygens (including phenoxy) is 1. The number of unbranched alkanes of at least 4 members (excludes halogenated alkanes) is 1. The Morgan fingerprint density at radius 3 is 2.33 bits per heavy atom. The largest absolute Gasteiger partial charge is 0.390 e. The lowest BCUT2D eigenvalue weighted by Crippen LogP contribution is -2.44. The first kappa shape index (κ1) is 14.5. The van der Waals surface area contributed by atoms with Crippen LogP contribution in [0.3, 0.4) is 0 Å². The van der Waals surface area contributed by atoms with Crippen LogP contribution >= 0.6 is 0 Å². The topological polar surface area (TPSA) is 29.5 Å². The van der Waals surface area contributed by atoms with Gasteiger partial charge < -0.3 is 9.84 Å². The van der Waals surface area contributed by atoms with Crippen molar-refractivity contribution in [2.24, 2.45) is 0 Å². The lowest BCUT2D eigenvalue weighted by Gasteiger charge is -2.36. The molecule has 0 saturated carbocycles. The summed E-state index contributed by atoms with van der Waals surface area (Å²) in [6, 6.07) is 0. The minimum Gasteiger partial charge on any atom is -0.390 e. The SMILES string of the molecule is C#CCCCC(O)C(CC)(CC)OCC. The molecule has 0 bridgehead atoms. The Labute approximate surface area is 94.0 Å². The summed E-state index contributed by atoms with van der Waals surface area (Å²) in [6.07, 6.45) is 8.79. The molecule has 0 saturated heterocycles. The van der Waals surface area contributed by atoms with Crippen LogP contribution in [0.15, 0.2) is 0 Å². The molecule has 15 heavy (non-hydrogen) atoms. The van der Waals surface area contributed by atoms with E-state index < -0.39 is 6.10 Å². The van der Waals surface area contributed by atoms with Crippen LogP contribution in [-0.4, -0.2) is 23.4 Å². The van der Waals surface area contributed by atoms with Crippen LogP contribution in [0, 0.1) is 12.3 Å². The van der Waals surface area contributed by atoms with Crippen molar-refractivity contribution in [3.8, 4) is 12.3 Å². The molecular weight excluding hydrogens is 188 g/mol. The molecule has 0 aromatic rings. The summed E-state index contributed by atoms with van der Waals surface area (Å²) in [6.45, 7) is 6.73. The number of aliphatic hydroxyl groups is 1. The first-order chi connectivity index (χ1) is 7.16. The highest BCUT2D eigenvalue weighted by Crippen LogP contribution is 2.27. The van der Waals surface area contributed by atoms with E-state index in [1.54, 1.807) is 0 Å². The Kier molecular flexibility index (Phi) is 7.46. The second kappa shape index (κ2) is 7.73. The molecule has 0 aliphatic rings. The average molecular weight is 212 g/mol. The molecule has 0 rings (SSSR count). The van der Waals surface area contributed by atoms with Crippen molar-refractivity contribution in [3.63, 3.8) is 0 Å². The van der Waals surface area contributed by atoms with Crippen LogP contribution < -0.4 is 0 Å². The second-order valence-electron chi connectivity index (χ2n) is 3.82. The Morgan fingerprint density at radius 1 is 1.33 bits per heavy atom. The Bertz CT molecular complexity index is 189. The summed E-state index contributed by atoms with van der Waals surface area (Å²) in [7, 11) is 0. The minimum atomic E-state index is -0.402. The van der Waals surface area contributed by atoms with Gasteiger partial charge in [0.05, 0.1) is 11.7 Å². The molecule has 1 atom stereocenters. The smallest absolute Gasteiger partial charge is 0.0934 e. The normalized spacial score (nSPS) is 13.5. The molecule has 0 aromatic heterocycles. The zero-order valence-corrected chi connectivity index (χ0v) is 10.3. The van der Waals surface area contributed by atoms with Crippen LogP contribution in [0.4, 0.5) is 0 Å². The standard InChI is InChI=1S/C13H24O2/c1-5-9-10-11-12(14)13(6-2,7-3)15-8-4/h1,12,14H,6-11H2,2-4H3. The summed E-state index contributed by atoms with van der Waals surface area (Å²) in [4.78, 5) is 0. The first-order valence-corrected chi connectivity index (χ1v) is 5.92. The molecule has 1 N–H and O–H groups in total. The van der Waals surface area contributed by atoms with Crippen LogP contribution in [0.1, 0.15) is 52.9 Å². The zero-order chi connectivity index (χ0) is 11.7. The van der Waals surface area contributed by atoms with Gasteiger partial charge in [-0.2, -0.15) is 0 Å². The number of aliphatic hydroxyl groups excluding tert-OH is 1. The van der Waals surface area contributed by atoms with E-state index in [-0.39, 0.29) is 5.60 Å². The van der Waals surface area contributed by atoms with Crippen molar-refractivity contribution < 1.29 is 9.84 Å². The molecule has 2 nitrogen and oxygen atoms in total. The fourth-order valence-electron chi connectivity index (χ4n) is 1.97. The average Bonchev–Trinajstić information content (AvgIpc) is 2.26. The van der Waals surface area contributed by atoms with E-state index in [4.69, 9.17) is 11.2 Å². The molecule has 0 fully saturated rings. The summed E-state index contributed by atoms with van der Waals surface area (Å²) < 4.78 is 5.72. The van der Waals surface area contributed by atoms with Crippen molar-refractivity contribution in [2.45, 2.75) is 64.6 Å². The van der Waals surface area contributed by atoms with Gasteiger partial charge in [-0.25, -0.2) is 0 Å². The summed E-state index contributed by atoms with van der Waals surface area (Å²) in [5, 5.41) is 10.1. The highest BCUT2D eigenvalue weighted by molar-refractivity contribution is 4.88. The molecule has 88 valence electrons. The molecule has 0 spiro atoms. The summed E-state index contributed by atoms with van der Waals surface area (Å²) in [5.41, 5.74) is -0.372. The third-order valence-corrected chi connectivity index (χ3v) is 3.03. The quantitative estimate of drug-likeness (QED) is 0.495. The predicted octanol–water partition coefficient (Wildman–Crippen LogP) is 2.75. The number of terminal acetylenes is 1. The predicted molar refractivity (Wildman–Crippen MR) is 63.6 cm³/mol. The van der Waals surface area contributed by atoms with E-state index >= 15 is 0 Å². The molecule has 0 radical (unpaired) electrons. The Balaban J connectivity index is 4.27. The van der Waals surface area contributed by atoms with Gasteiger partial charge in [-0.1, -0.05) is 13.8 Å². The van der Waals surface area contributed by atoms with Gasteiger partial charge in [0.15, 0.2) is 0 Å². The van der Waals surface area contributed by atoms with Gasteiger partial charge in [0.1, 0.15) is 0 Å². The van der Waals surface area contributed by atoms with E-state index in [0.717, 1.165) is 32.1 Å². The van der Waals surface area contributed by atoms with Crippen molar-refractivity contribution in [1.29, 1.82) is 0 Å². The van der Waals surface area contributed by atoms with Crippen molar-refractivity contribution in [1.82, 2.24) is 0 Å². The summed E-state index contributed by atoms with van der Waals surface area (Å²) >= 11 is 0. The number of hydrogen-bond acceptors (Lipinski definition) is 2. The fraction of sp³-hybridized carbons (Fsp3) is 0.846. The van der Waals surface area contributed by atoms with Gasteiger partial charge >= 0.3 is 0 Å². The van der Waals surface area contributed by atoms with Gasteiger partial charge in [-0.15, -0.1) is 12.3 Å². The number of hydrogen-bond donors (Lipinski definition) is 1. The lowest BCUT2D eigenvalue weighted by atomic mass is 9.87. The minimum absolute atomic E-state index is 0.372. The molecular formula is C13H24O2. The van der Waals surface area contributed by atoms with Crippen molar-refractivity contribution in [2.75, 3.05) is 6.61 Å². The third-order valence-electron chi connectivity index (χ3n) is 3.03. The molecule has 0 aliphatic carbocycles. The van der Waals surface area contributed by atoms with E-state index in [1.165, 1.54) is 0 Å². The van der Waals surface area contributed by atoms with Crippen molar-refractivity contribution in [3.05, 3.63) is 0 Å². The Hall–Kier alpha value is -0.520. The first-order valence-electron chi connectivity index (χ1n) is 5.92. The highest BCUT2D eigenvalue weighted by Gasteiger charge is 2.34. The zero-order valence-electron chi connectivity index (χ0n) is 10.3. The molecule has 0 aromatic carbocycles. The lowest BCUT2D eigenvalue weighted by molar-refractivity contribution is -0.127.